The van der Waals surface area contributed by atoms with Gasteiger partial charge in [-0.15, -0.1) is 11.3 Å². The van der Waals surface area contributed by atoms with Gasteiger partial charge in [0, 0.05) is 42.2 Å². The van der Waals surface area contributed by atoms with E-state index in [0.29, 0.717) is 18.8 Å². The maximum Gasteiger partial charge on any atom is 0.248 e. The smallest absolute Gasteiger partial charge is 0.248 e. The van der Waals surface area contributed by atoms with Crippen molar-refractivity contribution in [2.45, 2.75) is 44.6 Å². The molecule has 144 valence electrons. The summed E-state index contributed by atoms with van der Waals surface area (Å²) >= 11 is 1.67. The van der Waals surface area contributed by atoms with Crippen LogP contribution in [-0.2, 0) is 0 Å². The molecule has 28 heavy (non-hydrogen) atoms. The summed E-state index contributed by atoms with van der Waals surface area (Å²) in [5, 5.41) is 5.18. The summed E-state index contributed by atoms with van der Waals surface area (Å²) in [6.45, 7) is 2.01. The van der Waals surface area contributed by atoms with Crippen LogP contribution in [0.3, 0.4) is 0 Å². The number of H-pyrrole nitrogens is 1. The molecule has 5 nitrogen and oxygen atoms in total. The quantitative estimate of drug-likeness (QED) is 0.475. The first kappa shape index (κ1) is 17.5. The van der Waals surface area contributed by atoms with Crippen LogP contribution in [0.15, 0.2) is 30.6 Å². The van der Waals surface area contributed by atoms with Crippen LogP contribution in [0.25, 0.3) is 32.4 Å². The van der Waals surface area contributed by atoms with Crippen LogP contribution in [0.5, 0.6) is 0 Å². The van der Waals surface area contributed by atoms with E-state index < -0.39 is 5.92 Å². The Balaban J connectivity index is 1.41. The average molecular weight is 399 g/mol. The van der Waals surface area contributed by atoms with Crippen LogP contribution >= 0.6 is 11.3 Å². The molecular weight excluding hydrogens is 380 g/mol. The van der Waals surface area contributed by atoms with Crippen molar-refractivity contribution < 1.29 is 8.78 Å². The molecule has 0 saturated heterocycles. The number of hydrogen-bond acceptors (Lipinski definition) is 5. The van der Waals surface area contributed by atoms with Gasteiger partial charge in [-0.3, -0.25) is 0 Å². The summed E-state index contributed by atoms with van der Waals surface area (Å²) in [5.41, 5.74) is 3.86. The molecule has 5 rings (SSSR count). The van der Waals surface area contributed by atoms with Crippen molar-refractivity contribution in [3.8, 4) is 11.1 Å². The molecule has 2 N–H and O–H groups in total. The number of halogens is 2. The predicted octanol–water partition coefficient (Wildman–Crippen LogP) is 5.53. The highest BCUT2D eigenvalue weighted by molar-refractivity contribution is 7.18. The Morgan fingerprint density at radius 2 is 2.04 bits per heavy atom. The Bertz CT molecular complexity index is 1160. The summed E-state index contributed by atoms with van der Waals surface area (Å²) in [5.74, 6) is -2.06. The first-order valence-electron chi connectivity index (χ1n) is 9.33. The number of aromatic nitrogens is 4. The minimum Gasteiger partial charge on any atom is -0.351 e. The molecule has 1 aliphatic carbocycles. The fourth-order valence-electron chi connectivity index (χ4n) is 3.79. The van der Waals surface area contributed by atoms with Crippen LogP contribution in [0.1, 0.15) is 30.7 Å². The number of nitrogens with one attached hydrogen (secondary N) is 2. The number of aryl methyl sites for hydroxylation is 1. The first-order valence-corrected chi connectivity index (χ1v) is 10.1. The second-order valence-corrected chi connectivity index (χ2v) is 8.58. The largest absolute Gasteiger partial charge is 0.351 e. The van der Waals surface area contributed by atoms with E-state index in [2.05, 4.69) is 37.4 Å². The lowest BCUT2D eigenvalue weighted by Crippen LogP contribution is -2.32. The van der Waals surface area contributed by atoms with E-state index in [-0.39, 0.29) is 18.9 Å². The topological polar surface area (TPSA) is 66.5 Å². The van der Waals surface area contributed by atoms with Crippen LogP contribution in [0.4, 0.5) is 14.7 Å². The zero-order valence-electron chi connectivity index (χ0n) is 15.3. The molecule has 0 amide bonds. The number of thiazole rings is 1. The number of nitrogens with zero attached hydrogens (tertiary/aromatic N) is 3. The van der Waals surface area contributed by atoms with Gasteiger partial charge in [-0.2, -0.15) is 4.98 Å². The maximum atomic E-state index is 13.3. The van der Waals surface area contributed by atoms with Gasteiger partial charge in [-0.25, -0.2) is 18.7 Å². The molecule has 3 heterocycles. The second kappa shape index (κ2) is 6.48. The van der Waals surface area contributed by atoms with Crippen molar-refractivity contribution in [1.29, 1.82) is 0 Å². The van der Waals surface area contributed by atoms with Crippen molar-refractivity contribution >= 4 is 38.5 Å². The number of benzene rings is 1. The lowest BCUT2D eigenvalue weighted by Gasteiger charge is -2.28. The van der Waals surface area contributed by atoms with E-state index in [1.807, 2.05) is 19.2 Å². The third kappa shape index (κ3) is 3.22. The van der Waals surface area contributed by atoms with Gasteiger partial charge in [0.2, 0.25) is 11.9 Å². The van der Waals surface area contributed by atoms with E-state index in [1.165, 1.54) is 0 Å². The Morgan fingerprint density at radius 3 is 2.86 bits per heavy atom. The molecule has 0 bridgehead atoms. The van der Waals surface area contributed by atoms with Gasteiger partial charge in [0.25, 0.3) is 0 Å². The standard InChI is InChI=1S/C20H19F2N5S/c1-11-25-16-3-2-12(8-17(16)28-11)14-9-23-18-15(14)10-24-19(27-18)26-13-4-6-20(21,22)7-5-13/h2-3,8-10,13H,4-7H2,1H3,(H2,23,24,26,27). The molecule has 4 aromatic rings. The van der Waals surface area contributed by atoms with Crippen molar-refractivity contribution in [3.63, 3.8) is 0 Å². The summed E-state index contributed by atoms with van der Waals surface area (Å²) in [7, 11) is 0. The van der Waals surface area contributed by atoms with Crippen molar-refractivity contribution in [1.82, 2.24) is 19.9 Å². The molecule has 1 saturated carbocycles. The van der Waals surface area contributed by atoms with Crippen molar-refractivity contribution in [3.05, 3.63) is 35.6 Å². The number of aromatic amines is 1. The number of hydrogen-bond donors (Lipinski definition) is 2. The van der Waals surface area contributed by atoms with Crippen LogP contribution < -0.4 is 5.32 Å². The Labute approximate surface area is 164 Å². The van der Waals surface area contributed by atoms with E-state index in [0.717, 1.165) is 37.4 Å². The maximum absolute atomic E-state index is 13.3. The van der Waals surface area contributed by atoms with Crippen molar-refractivity contribution in [2.75, 3.05) is 5.32 Å². The fraction of sp³-hybridized carbons (Fsp3) is 0.350. The predicted molar refractivity (Wildman–Crippen MR) is 108 cm³/mol. The number of anilines is 1. The van der Waals surface area contributed by atoms with Gasteiger partial charge in [0.15, 0.2) is 0 Å². The Kier molecular flexibility index (Phi) is 4.04. The summed E-state index contributed by atoms with van der Waals surface area (Å²) in [4.78, 5) is 16.7. The van der Waals surface area contributed by atoms with Gasteiger partial charge in [0.05, 0.1) is 15.2 Å². The summed E-state index contributed by atoms with van der Waals surface area (Å²) in [6.07, 6.45) is 4.41. The molecular formula is C20H19F2N5S. The molecule has 8 heteroatoms. The molecule has 0 aliphatic heterocycles. The molecule has 0 atom stereocenters. The Morgan fingerprint density at radius 1 is 1.21 bits per heavy atom. The van der Waals surface area contributed by atoms with Crippen LogP contribution in [-0.4, -0.2) is 31.9 Å². The monoisotopic (exact) mass is 399 g/mol. The van der Waals surface area contributed by atoms with Gasteiger partial charge in [-0.1, -0.05) is 6.07 Å². The molecule has 0 radical (unpaired) electrons. The third-order valence-corrected chi connectivity index (χ3v) is 6.22. The molecule has 3 aromatic heterocycles. The summed E-state index contributed by atoms with van der Waals surface area (Å²) < 4.78 is 27.8. The average Bonchev–Trinajstić information content (AvgIpc) is 3.24. The minimum atomic E-state index is -2.53. The van der Waals surface area contributed by atoms with Gasteiger partial charge in [-0.05, 0) is 37.5 Å². The third-order valence-electron chi connectivity index (χ3n) is 5.29. The lowest BCUT2D eigenvalue weighted by atomic mass is 9.92. The van der Waals surface area contributed by atoms with Crippen LogP contribution in [0.2, 0.25) is 0 Å². The highest BCUT2D eigenvalue weighted by Gasteiger charge is 2.35. The lowest BCUT2D eigenvalue weighted by molar-refractivity contribution is -0.0361. The fourth-order valence-corrected chi connectivity index (χ4v) is 4.66. The molecule has 0 unspecified atom stereocenters. The SMILES string of the molecule is Cc1nc2ccc(-c3c[nH]c4nc(NC5CCC(F)(F)CC5)ncc34)cc2s1. The second-order valence-electron chi connectivity index (χ2n) is 7.35. The van der Waals surface area contributed by atoms with Gasteiger partial charge in [0.1, 0.15) is 5.65 Å². The van der Waals surface area contributed by atoms with E-state index in [9.17, 15) is 8.78 Å². The summed E-state index contributed by atoms with van der Waals surface area (Å²) in [6, 6.07) is 6.21. The van der Waals surface area contributed by atoms with Crippen molar-refractivity contribution in [2.24, 2.45) is 0 Å². The van der Waals surface area contributed by atoms with E-state index in [4.69, 9.17) is 0 Å². The van der Waals surface area contributed by atoms with E-state index >= 15 is 0 Å². The molecule has 0 spiro atoms. The van der Waals surface area contributed by atoms with Gasteiger partial charge >= 0.3 is 0 Å². The number of alkyl halides is 2. The zero-order valence-corrected chi connectivity index (χ0v) is 16.1. The molecule has 1 fully saturated rings. The number of rotatable bonds is 3. The zero-order chi connectivity index (χ0) is 19.3. The highest BCUT2D eigenvalue weighted by Crippen LogP contribution is 2.35. The first-order chi connectivity index (χ1) is 13.5. The molecule has 1 aromatic carbocycles. The van der Waals surface area contributed by atoms with Crippen LogP contribution in [0, 0.1) is 6.92 Å². The highest BCUT2D eigenvalue weighted by atomic mass is 32.1. The van der Waals surface area contributed by atoms with Gasteiger partial charge < -0.3 is 10.3 Å². The normalized spacial score (nSPS) is 17.4. The minimum absolute atomic E-state index is 0.0107. The number of fused-ring (bicyclic) bond motifs is 2. The molecule has 1 aliphatic rings. The Hall–Kier alpha value is -2.61. The van der Waals surface area contributed by atoms with E-state index in [1.54, 1.807) is 17.5 Å².